The van der Waals surface area contributed by atoms with Crippen molar-refractivity contribution in [1.82, 2.24) is 14.4 Å². The Morgan fingerprint density at radius 2 is 1.49 bits per heavy atom. The van der Waals surface area contributed by atoms with E-state index >= 15 is 0 Å². The van der Waals surface area contributed by atoms with Crippen LogP contribution in [0.1, 0.15) is 51.8 Å². The minimum Gasteiger partial charge on any atom is -0.344 e. The first-order valence-electron chi connectivity index (χ1n) is 14.3. The molecule has 1 amide bonds. The van der Waals surface area contributed by atoms with E-state index in [0.29, 0.717) is 6.54 Å². The quantitative estimate of drug-likeness (QED) is 0.246. The fourth-order valence-electron chi connectivity index (χ4n) is 7.04. The molecule has 0 saturated carbocycles. The standard InChI is InChI=1S/C35H35N3O/c1-36-32-16-8-7-14-28(32)30-23-26(17-18-33(30)36)34-31(24-37-20-9-10-21-37)27-13-5-6-15-29(27)35(39)38(34)22-19-25-11-3-2-4-12-25/h2-8,11-18,23,31,34H,9-10,19-22,24H2,1H3/t31-,34+/m1/s1. The van der Waals surface area contributed by atoms with Crippen LogP contribution in [0.3, 0.4) is 0 Å². The molecular formula is C35H35N3O. The van der Waals surface area contributed by atoms with Crippen molar-refractivity contribution in [3.05, 3.63) is 119 Å². The van der Waals surface area contributed by atoms with E-state index in [2.05, 4.69) is 106 Å². The Bertz CT molecular complexity index is 1650. The fourth-order valence-corrected chi connectivity index (χ4v) is 7.04. The van der Waals surface area contributed by atoms with Gasteiger partial charge < -0.3 is 14.4 Å². The highest BCUT2D eigenvalue weighted by molar-refractivity contribution is 6.08. The molecule has 0 unspecified atom stereocenters. The number of carbonyl (C=O) groups excluding carboxylic acids is 1. The summed E-state index contributed by atoms with van der Waals surface area (Å²) in [6.07, 6.45) is 3.37. The smallest absolute Gasteiger partial charge is 0.254 e. The number of hydrogen-bond donors (Lipinski definition) is 0. The maximum atomic E-state index is 14.2. The zero-order valence-corrected chi connectivity index (χ0v) is 22.6. The number of nitrogens with zero attached hydrogens (tertiary/aromatic N) is 3. The van der Waals surface area contributed by atoms with Gasteiger partial charge in [0.15, 0.2) is 0 Å². The summed E-state index contributed by atoms with van der Waals surface area (Å²) in [5.74, 6) is 0.377. The number of fused-ring (bicyclic) bond motifs is 4. The van der Waals surface area contributed by atoms with Gasteiger partial charge in [0.25, 0.3) is 5.91 Å². The lowest BCUT2D eigenvalue weighted by Gasteiger charge is -2.44. The number of carbonyl (C=O) groups is 1. The molecular weight excluding hydrogens is 478 g/mol. The molecule has 5 aromatic rings. The topological polar surface area (TPSA) is 28.5 Å². The molecule has 7 rings (SSSR count). The van der Waals surface area contributed by atoms with Crippen molar-refractivity contribution in [1.29, 1.82) is 0 Å². The molecule has 0 aliphatic carbocycles. The maximum Gasteiger partial charge on any atom is 0.254 e. The second-order valence-corrected chi connectivity index (χ2v) is 11.2. The van der Waals surface area contributed by atoms with Crippen molar-refractivity contribution in [3.63, 3.8) is 0 Å². The third kappa shape index (κ3) is 4.24. The van der Waals surface area contributed by atoms with E-state index in [4.69, 9.17) is 0 Å². The third-order valence-electron chi connectivity index (χ3n) is 8.99. The molecule has 196 valence electrons. The van der Waals surface area contributed by atoms with Crippen molar-refractivity contribution in [2.75, 3.05) is 26.2 Å². The monoisotopic (exact) mass is 513 g/mol. The van der Waals surface area contributed by atoms with Crippen molar-refractivity contribution >= 4 is 27.7 Å². The van der Waals surface area contributed by atoms with Gasteiger partial charge in [0.05, 0.1) is 6.04 Å². The summed E-state index contributed by atoms with van der Waals surface area (Å²) in [7, 11) is 2.15. The van der Waals surface area contributed by atoms with E-state index in [1.165, 1.54) is 51.3 Å². The highest BCUT2D eigenvalue weighted by atomic mass is 16.2. The first-order chi connectivity index (χ1) is 19.2. The zero-order valence-electron chi connectivity index (χ0n) is 22.6. The summed E-state index contributed by atoms with van der Waals surface area (Å²) in [5.41, 5.74) is 7.05. The Labute approximate surface area is 230 Å². The van der Waals surface area contributed by atoms with Crippen LogP contribution in [0.2, 0.25) is 0 Å². The van der Waals surface area contributed by atoms with Crippen LogP contribution in [0.15, 0.2) is 97.1 Å². The number of para-hydroxylation sites is 1. The summed E-state index contributed by atoms with van der Waals surface area (Å²) in [5, 5.41) is 2.53. The van der Waals surface area contributed by atoms with Crippen molar-refractivity contribution in [2.24, 2.45) is 7.05 Å². The van der Waals surface area contributed by atoms with Gasteiger partial charge in [-0.15, -0.1) is 0 Å². The predicted molar refractivity (Wildman–Crippen MR) is 159 cm³/mol. The lowest BCUT2D eigenvalue weighted by molar-refractivity contribution is 0.0588. The average Bonchev–Trinajstić information content (AvgIpc) is 3.60. The lowest BCUT2D eigenvalue weighted by atomic mass is 9.79. The van der Waals surface area contributed by atoms with Gasteiger partial charge >= 0.3 is 0 Å². The first-order valence-corrected chi connectivity index (χ1v) is 14.3. The molecule has 3 heterocycles. The highest BCUT2D eigenvalue weighted by Gasteiger charge is 2.41. The normalized spacial score (nSPS) is 19.7. The molecule has 2 aliphatic rings. The van der Waals surface area contributed by atoms with Crippen LogP contribution in [0.5, 0.6) is 0 Å². The van der Waals surface area contributed by atoms with E-state index in [-0.39, 0.29) is 17.9 Å². The Morgan fingerprint density at radius 3 is 2.33 bits per heavy atom. The van der Waals surface area contributed by atoms with Gasteiger partial charge in [-0.2, -0.15) is 0 Å². The Balaban J connectivity index is 1.38. The van der Waals surface area contributed by atoms with E-state index in [1.807, 2.05) is 12.1 Å². The van der Waals surface area contributed by atoms with E-state index in [0.717, 1.165) is 31.6 Å². The first kappa shape index (κ1) is 24.2. The summed E-state index contributed by atoms with van der Waals surface area (Å²) in [6.45, 7) is 3.97. The molecule has 2 atom stereocenters. The number of aryl methyl sites for hydroxylation is 1. The Kier molecular flexibility index (Phi) is 6.21. The van der Waals surface area contributed by atoms with Crippen molar-refractivity contribution in [3.8, 4) is 0 Å². The molecule has 4 nitrogen and oxygen atoms in total. The van der Waals surface area contributed by atoms with Crippen molar-refractivity contribution in [2.45, 2.75) is 31.2 Å². The highest BCUT2D eigenvalue weighted by Crippen LogP contribution is 2.44. The van der Waals surface area contributed by atoms with Gasteiger partial charge in [0, 0.05) is 53.4 Å². The molecule has 1 fully saturated rings. The number of rotatable bonds is 6. The van der Waals surface area contributed by atoms with Gasteiger partial charge in [-0.05, 0) is 73.3 Å². The van der Waals surface area contributed by atoms with Gasteiger partial charge in [0.2, 0.25) is 0 Å². The Morgan fingerprint density at radius 1 is 0.769 bits per heavy atom. The number of hydrogen-bond acceptors (Lipinski definition) is 2. The predicted octanol–water partition coefficient (Wildman–Crippen LogP) is 6.95. The molecule has 4 heteroatoms. The molecule has 4 aromatic carbocycles. The van der Waals surface area contributed by atoms with Crippen LogP contribution in [-0.4, -0.2) is 46.5 Å². The second kappa shape index (κ2) is 10.0. The molecule has 2 aliphatic heterocycles. The van der Waals surface area contributed by atoms with Gasteiger partial charge in [-0.25, -0.2) is 0 Å². The summed E-state index contributed by atoms with van der Waals surface area (Å²) >= 11 is 0. The summed E-state index contributed by atoms with van der Waals surface area (Å²) in [6, 6.07) is 34.5. The number of amides is 1. The van der Waals surface area contributed by atoms with Crippen LogP contribution in [0, 0.1) is 0 Å². The zero-order chi connectivity index (χ0) is 26.3. The van der Waals surface area contributed by atoms with E-state index in [9.17, 15) is 4.79 Å². The molecule has 0 bridgehead atoms. The second-order valence-electron chi connectivity index (χ2n) is 11.2. The summed E-state index contributed by atoms with van der Waals surface area (Å²) in [4.78, 5) is 19.0. The largest absolute Gasteiger partial charge is 0.344 e. The molecule has 0 spiro atoms. The average molecular weight is 514 g/mol. The van der Waals surface area contributed by atoms with Crippen LogP contribution in [0.4, 0.5) is 0 Å². The van der Waals surface area contributed by atoms with Gasteiger partial charge in [0.1, 0.15) is 0 Å². The fraction of sp³-hybridized carbons (Fsp3) is 0.286. The van der Waals surface area contributed by atoms with Crippen LogP contribution < -0.4 is 0 Å². The van der Waals surface area contributed by atoms with E-state index < -0.39 is 0 Å². The molecule has 39 heavy (non-hydrogen) atoms. The Hall–Kier alpha value is -3.89. The number of aromatic nitrogens is 1. The molecule has 0 radical (unpaired) electrons. The van der Waals surface area contributed by atoms with E-state index in [1.54, 1.807) is 0 Å². The summed E-state index contributed by atoms with van der Waals surface area (Å²) < 4.78 is 2.28. The van der Waals surface area contributed by atoms with Gasteiger partial charge in [-0.1, -0.05) is 72.8 Å². The van der Waals surface area contributed by atoms with Crippen LogP contribution >= 0.6 is 0 Å². The minimum absolute atomic E-state index is 0.0138. The maximum absolute atomic E-state index is 14.2. The van der Waals surface area contributed by atoms with Crippen LogP contribution in [-0.2, 0) is 13.5 Å². The van der Waals surface area contributed by atoms with Crippen molar-refractivity contribution < 1.29 is 4.79 Å². The third-order valence-corrected chi connectivity index (χ3v) is 8.99. The molecule has 1 saturated heterocycles. The molecule has 1 aromatic heterocycles. The van der Waals surface area contributed by atoms with Crippen LogP contribution in [0.25, 0.3) is 21.8 Å². The number of likely N-dealkylation sites (tertiary alicyclic amines) is 1. The van der Waals surface area contributed by atoms with Gasteiger partial charge in [-0.3, -0.25) is 4.79 Å². The number of benzene rings is 4. The SMILES string of the molecule is Cn1c2ccccc2c2cc([C@H]3[C@H](CN4CCCC4)c4ccccc4C(=O)N3CCc3ccccc3)ccc21. The lowest BCUT2D eigenvalue weighted by Crippen LogP contribution is -2.46. The minimum atomic E-state index is -0.0138. The molecule has 0 N–H and O–H groups in total.